The van der Waals surface area contributed by atoms with E-state index in [1.165, 1.54) is 0 Å². The molecule has 2 unspecified atom stereocenters. The van der Waals surface area contributed by atoms with E-state index in [4.69, 9.17) is 15.7 Å². The normalized spacial score (nSPS) is 26.7. The Morgan fingerprint density at radius 2 is 1.12 bits per heavy atom. The molecule has 2 N–H and O–H groups in total. The number of hydrogen-bond acceptors (Lipinski definition) is 4. The molecule has 0 fully saturated rings. The summed E-state index contributed by atoms with van der Waals surface area (Å²) < 4.78 is 0. The Labute approximate surface area is 213 Å². The van der Waals surface area contributed by atoms with Crippen molar-refractivity contribution in [3.8, 4) is 0 Å². The van der Waals surface area contributed by atoms with Gasteiger partial charge in [-0.15, -0.1) is 10.9 Å². The molecular weight excluding hydrogens is 472 g/mol. The smallest absolute Gasteiger partial charge is 0.0917 e. The predicted molar refractivity (Wildman–Crippen MR) is 104 cm³/mol. The van der Waals surface area contributed by atoms with Gasteiger partial charge < -0.3 is 32.8 Å². The molecule has 0 spiro atoms. The van der Waals surface area contributed by atoms with Gasteiger partial charge in [-0.3, -0.25) is 0 Å². The molecule has 2 atom stereocenters. The summed E-state index contributed by atoms with van der Waals surface area (Å²) in [5, 5.41) is 6.30. The van der Waals surface area contributed by atoms with E-state index in [1.807, 2.05) is 27.7 Å². The minimum absolute atomic E-state index is 0. The van der Waals surface area contributed by atoms with Crippen molar-refractivity contribution in [2.75, 3.05) is 0 Å². The second-order valence-electron chi connectivity index (χ2n) is 6.65. The zero-order valence-corrected chi connectivity index (χ0v) is 22.7. The van der Waals surface area contributed by atoms with E-state index in [0.29, 0.717) is 0 Å². The van der Waals surface area contributed by atoms with Gasteiger partial charge in [0.1, 0.15) is 0 Å². The minimum Gasteiger partial charge on any atom is -0.456 e. The zero-order valence-electron chi connectivity index (χ0n) is 17.0. The number of rotatable bonds is 4. The molecule has 0 aromatic heterocycles. The molecule has 2 rings (SSSR count). The van der Waals surface area contributed by atoms with Crippen LogP contribution in [0, 0.1) is 12.2 Å². The molecule has 2 aliphatic heterocycles. The van der Waals surface area contributed by atoms with E-state index in [2.05, 4.69) is 46.6 Å². The van der Waals surface area contributed by atoms with Crippen molar-refractivity contribution in [2.24, 2.45) is 9.98 Å². The average Bonchev–Trinajstić information content (AvgIpc) is 2.34. The Balaban J connectivity index is 0. The van der Waals surface area contributed by atoms with Crippen LogP contribution in [0.4, 0.5) is 0 Å². The average molecular weight is 500 g/mol. The fourth-order valence-corrected chi connectivity index (χ4v) is 2.67. The third kappa shape index (κ3) is 11.6. The molecule has 26 heavy (non-hydrogen) atoms. The van der Waals surface area contributed by atoms with Gasteiger partial charge >= 0.3 is 0 Å². The van der Waals surface area contributed by atoms with Crippen LogP contribution in [-0.4, -0.2) is 38.2 Å². The van der Waals surface area contributed by atoms with Gasteiger partial charge in [0.2, 0.25) is 0 Å². The first kappa shape index (κ1) is 29.0. The van der Waals surface area contributed by atoms with Crippen LogP contribution in [-0.2, 0) is 65.4 Å². The van der Waals surface area contributed by atoms with Gasteiger partial charge in [0.15, 0.2) is 0 Å². The van der Waals surface area contributed by atoms with E-state index in [-0.39, 0.29) is 65.4 Å². The van der Waals surface area contributed by atoms with Crippen LogP contribution in [0.5, 0.6) is 0 Å². The summed E-state index contributed by atoms with van der Waals surface area (Å²) >= 11 is 0. The molecule has 0 saturated carbocycles. The number of nitrogens with one attached hydrogen (secondary N) is 2. The number of aliphatic imine (C=N–C) groups is 2. The first-order chi connectivity index (χ1) is 11.1. The molecule has 0 aromatic carbocycles. The van der Waals surface area contributed by atoms with Gasteiger partial charge in [-0.05, 0) is 26.7 Å². The molecule has 2 heterocycles. The van der Waals surface area contributed by atoms with Crippen LogP contribution in [0.25, 0.3) is 0 Å². The number of hydrogen-bond donors (Lipinski definition) is 2. The van der Waals surface area contributed by atoms with Gasteiger partial charge in [-0.2, -0.15) is 11.4 Å². The maximum atomic E-state index is 5.83. The Bertz CT molecular complexity index is 518. The van der Waals surface area contributed by atoms with Crippen molar-refractivity contribution >= 4 is 27.4 Å². The fourth-order valence-electron chi connectivity index (χ4n) is 2.67. The molecular formula is C18H28B2N4Y2-2. The van der Waals surface area contributed by atoms with E-state index >= 15 is 0 Å². The SMILES string of the molecule is [B]C1(C)[C-]=C(CCC)NC(C)=N1.[B]C1(C)[C-]=C(CCC)NC(C)=N1.[Y].[Y]. The number of nitrogens with zero attached hydrogens (tertiary/aromatic N) is 2. The van der Waals surface area contributed by atoms with E-state index < -0.39 is 10.9 Å². The van der Waals surface area contributed by atoms with Gasteiger partial charge in [-0.1, -0.05) is 40.5 Å². The molecule has 4 nitrogen and oxygen atoms in total. The predicted octanol–water partition coefficient (Wildman–Crippen LogP) is 2.75. The third-order valence-electron chi connectivity index (χ3n) is 3.27. The summed E-state index contributed by atoms with van der Waals surface area (Å²) in [6.07, 6.45) is 10.4. The van der Waals surface area contributed by atoms with Gasteiger partial charge in [0.05, 0.1) is 27.4 Å². The first-order valence-corrected chi connectivity index (χ1v) is 8.59. The van der Waals surface area contributed by atoms with Crippen molar-refractivity contribution < 1.29 is 65.4 Å². The summed E-state index contributed by atoms with van der Waals surface area (Å²) in [5.41, 5.74) is 0.852. The van der Waals surface area contributed by atoms with Crippen LogP contribution < -0.4 is 10.6 Å². The molecule has 134 valence electrons. The standard InChI is InChI=1S/2C9H14BN2.2Y/c2*1-4-5-8-6-9(3,10)12-7(2)11-8;;/h2*4-5H2,1-3H3,(H,11,12);;/q2*-1;;. The second kappa shape index (κ2) is 13.1. The summed E-state index contributed by atoms with van der Waals surface area (Å²) in [7, 11) is 11.7. The summed E-state index contributed by atoms with van der Waals surface area (Å²) in [6.45, 7) is 11.8. The van der Waals surface area contributed by atoms with Gasteiger partial charge in [0, 0.05) is 65.4 Å². The molecule has 0 aliphatic carbocycles. The maximum Gasteiger partial charge on any atom is 0.0917 e. The van der Waals surface area contributed by atoms with Crippen LogP contribution in [0.2, 0.25) is 0 Å². The second-order valence-corrected chi connectivity index (χ2v) is 6.65. The monoisotopic (exact) mass is 500 g/mol. The topological polar surface area (TPSA) is 48.8 Å². The van der Waals surface area contributed by atoms with Crippen LogP contribution in [0.3, 0.4) is 0 Å². The summed E-state index contributed by atoms with van der Waals surface area (Å²) in [6, 6.07) is 0. The zero-order chi connectivity index (χ0) is 18.4. The summed E-state index contributed by atoms with van der Waals surface area (Å²) in [4.78, 5) is 8.40. The Kier molecular flexibility index (Phi) is 14.6. The van der Waals surface area contributed by atoms with Crippen molar-refractivity contribution in [3.63, 3.8) is 0 Å². The Morgan fingerprint density at radius 1 is 0.808 bits per heavy atom. The Morgan fingerprint density at radius 3 is 1.35 bits per heavy atom. The summed E-state index contributed by atoms with van der Waals surface area (Å²) in [5.74, 6) is 1.75. The Hall–Kier alpha value is 0.758. The number of allylic oxidation sites excluding steroid dienone is 2. The molecule has 0 amide bonds. The fraction of sp³-hybridized carbons (Fsp3) is 0.667. The maximum absolute atomic E-state index is 5.83. The molecule has 6 radical (unpaired) electrons. The van der Waals surface area contributed by atoms with Crippen molar-refractivity contribution in [2.45, 2.75) is 78.1 Å². The van der Waals surface area contributed by atoms with E-state index in [0.717, 1.165) is 48.7 Å². The number of amidine groups is 2. The molecule has 0 bridgehead atoms. The van der Waals surface area contributed by atoms with E-state index in [1.54, 1.807) is 0 Å². The largest absolute Gasteiger partial charge is 0.456 e. The van der Waals surface area contributed by atoms with Crippen molar-refractivity contribution in [3.05, 3.63) is 23.5 Å². The quantitative estimate of drug-likeness (QED) is 0.462. The van der Waals surface area contributed by atoms with Gasteiger partial charge in [0.25, 0.3) is 0 Å². The van der Waals surface area contributed by atoms with Gasteiger partial charge in [-0.25, -0.2) is 0 Å². The first-order valence-electron chi connectivity index (χ1n) is 8.59. The molecule has 2 aliphatic rings. The van der Waals surface area contributed by atoms with Crippen molar-refractivity contribution in [1.29, 1.82) is 0 Å². The molecule has 0 aromatic rings. The molecule has 8 heteroatoms. The third-order valence-corrected chi connectivity index (χ3v) is 3.27. The van der Waals surface area contributed by atoms with Crippen LogP contribution >= 0.6 is 0 Å². The molecule has 0 saturated heterocycles. The van der Waals surface area contributed by atoms with Crippen molar-refractivity contribution in [1.82, 2.24) is 10.6 Å². The minimum atomic E-state index is -0.639. The van der Waals surface area contributed by atoms with Crippen LogP contribution in [0.15, 0.2) is 21.4 Å². The van der Waals surface area contributed by atoms with E-state index in [9.17, 15) is 0 Å². The van der Waals surface area contributed by atoms with Crippen LogP contribution in [0.1, 0.15) is 67.2 Å².